The number of nitrogens with zero attached hydrogens (tertiary/aromatic N) is 5. The molecule has 98 valence electrons. The van der Waals surface area contributed by atoms with Crippen molar-refractivity contribution < 1.29 is 0 Å². The summed E-state index contributed by atoms with van der Waals surface area (Å²) in [6, 6.07) is 5.86. The fourth-order valence-electron chi connectivity index (χ4n) is 2.26. The van der Waals surface area contributed by atoms with Crippen molar-refractivity contribution in [3.05, 3.63) is 41.8 Å². The zero-order valence-electron chi connectivity index (χ0n) is 10.4. The molecule has 0 saturated carbocycles. The lowest BCUT2D eigenvalue weighted by atomic mass is 10.2. The van der Waals surface area contributed by atoms with Crippen molar-refractivity contribution in [3.63, 3.8) is 0 Å². The van der Waals surface area contributed by atoms with E-state index in [1.54, 1.807) is 18.6 Å². The fourth-order valence-corrected chi connectivity index (χ4v) is 2.50. The minimum Gasteiger partial charge on any atom is -0.367 e. The molecule has 1 aliphatic heterocycles. The first kappa shape index (κ1) is 12.2. The summed E-state index contributed by atoms with van der Waals surface area (Å²) in [5.74, 6) is 0.933. The molecule has 0 bridgehead atoms. The molecular formula is C13H14ClN5. The zero-order chi connectivity index (χ0) is 13.1. The number of hydrogen-bond acceptors (Lipinski definition) is 5. The van der Waals surface area contributed by atoms with E-state index in [2.05, 4.69) is 25.0 Å². The van der Waals surface area contributed by atoms with Crippen LogP contribution in [0, 0.1) is 0 Å². The van der Waals surface area contributed by atoms with Gasteiger partial charge in [-0.25, -0.2) is 0 Å². The second-order valence-electron chi connectivity index (χ2n) is 4.38. The monoisotopic (exact) mass is 275 g/mol. The molecule has 3 rings (SSSR count). The van der Waals surface area contributed by atoms with Gasteiger partial charge in [0, 0.05) is 44.8 Å². The first-order valence-electron chi connectivity index (χ1n) is 6.22. The lowest BCUT2D eigenvalue weighted by Gasteiger charge is -2.36. The van der Waals surface area contributed by atoms with Crippen molar-refractivity contribution in [2.75, 3.05) is 36.0 Å². The smallest absolute Gasteiger partial charge is 0.151 e. The van der Waals surface area contributed by atoms with Crippen molar-refractivity contribution in [1.82, 2.24) is 15.2 Å². The van der Waals surface area contributed by atoms with Crippen LogP contribution in [-0.4, -0.2) is 41.4 Å². The van der Waals surface area contributed by atoms with Gasteiger partial charge in [-0.1, -0.05) is 11.6 Å². The Bertz CT molecular complexity index is 540. The van der Waals surface area contributed by atoms with Crippen LogP contribution < -0.4 is 9.80 Å². The number of anilines is 2. The van der Waals surface area contributed by atoms with Crippen molar-refractivity contribution in [1.29, 1.82) is 0 Å². The van der Waals surface area contributed by atoms with Gasteiger partial charge in [0.25, 0.3) is 0 Å². The Morgan fingerprint density at radius 2 is 1.79 bits per heavy atom. The normalized spacial score (nSPS) is 15.6. The summed E-state index contributed by atoms with van der Waals surface area (Å²) in [5, 5.41) is 8.76. The maximum Gasteiger partial charge on any atom is 0.151 e. The standard InChI is InChI=1S/C13H14ClN5/c14-11-10-15-5-3-12(11)18-6-8-19(9-7-18)13-2-1-4-16-17-13/h1-5,10H,6-9H2. The highest BCUT2D eigenvalue weighted by Crippen LogP contribution is 2.25. The maximum absolute atomic E-state index is 6.17. The number of halogens is 1. The first-order valence-corrected chi connectivity index (χ1v) is 6.59. The molecule has 1 saturated heterocycles. The Balaban J connectivity index is 1.69. The second kappa shape index (κ2) is 5.40. The lowest BCUT2D eigenvalue weighted by molar-refractivity contribution is 0.643. The molecule has 0 N–H and O–H groups in total. The van der Waals surface area contributed by atoms with E-state index in [9.17, 15) is 0 Å². The van der Waals surface area contributed by atoms with Gasteiger partial charge < -0.3 is 9.80 Å². The van der Waals surface area contributed by atoms with Gasteiger partial charge in [-0.05, 0) is 18.2 Å². The van der Waals surface area contributed by atoms with Gasteiger partial charge in [-0.3, -0.25) is 4.98 Å². The number of aromatic nitrogens is 3. The molecule has 0 amide bonds. The van der Waals surface area contributed by atoms with Crippen LogP contribution in [0.25, 0.3) is 0 Å². The van der Waals surface area contributed by atoms with Crippen molar-refractivity contribution in [3.8, 4) is 0 Å². The third kappa shape index (κ3) is 2.61. The van der Waals surface area contributed by atoms with Crippen LogP contribution in [0.15, 0.2) is 36.8 Å². The van der Waals surface area contributed by atoms with Crippen molar-refractivity contribution in [2.45, 2.75) is 0 Å². The summed E-state index contributed by atoms with van der Waals surface area (Å²) in [4.78, 5) is 8.52. The summed E-state index contributed by atoms with van der Waals surface area (Å²) < 4.78 is 0. The van der Waals surface area contributed by atoms with Crippen LogP contribution in [0.4, 0.5) is 11.5 Å². The zero-order valence-corrected chi connectivity index (χ0v) is 11.2. The quantitative estimate of drug-likeness (QED) is 0.837. The van der Waals surface area contributed by atoms with Crippen LogP contribution in [-0.2, 0) is 0 Å². The second-order valence-corrected chi connectivity index (χ2v) is 4.79. The van der Waals surface area contributed by atoms with Gasteiger partial charge in [-0.15, -0.1) is 5.10 Å². The average Bonchev–Trinajstić information content (AvgIpc) is 2.49. The average molecular weight is 276 g/mol. The Labute approximate surface area is 116 Å². The van der Waals surface area contributed by atoms with Gasteiger partial charge >= 0.3 is 0 Å². The molecule has 0 atom stereocenters. The molecule has 2 aromatic rings. The first-order chi connectivity index (χ1) is 9.34. The van der Waals surface area contributed by atoms with E-state index in [0.717, 1.165) is 37.7 Å². The minimum atomic E-state index is 0.704. The van der Waals surface area contributed by atoms with E-state index >= 15 is 0 Å². The summed E-state index contributed by atoms with van der Waals surface area (Å²) in [5.41, 5.74) is 1.05. The molecule has 0 unspecified atom stereocenters. The fraction of sp³-hybridized carbons (Fsp3) is 0.308. The van der Waals surface area contributed by atoms with E-state index in [1.165, 1.54) is 0 Å². The molecule has 0 radical (unpaired) electrons. The van der Waals surface area contributed by atoms with E-state index in [1.807, 2.05) is 18.2 Å². The predicted molar refractivity (Wildman–Crippen MR) is 75.7 cm³/mol. The van der Waals surface area contributed by atoms with Crippen LogP contribution in [0.3, 0.4) is 0 Å². The largest absolute Gasteiger partial charge is 0.367 e. The highest BCUT2D eigenvalue weighted by Gasteiger charge is 2.19. The van der Waals surface area contributed by atoms with E-state index in [4.69, 9.17) is 11.6 Å². The number of hydrogen-bond donors (Lipinski definition) is 0. The molecular weight excluding hydrogens is 262 g/mol. The van der Waals surface area contributed by atoms with E-state index in [0.29, 0.717) is 5.02 Å². The van der Waals surface area contributed by atoms with Crippen LogP contribution in [0.1, 0.15) is 0 Å². The third-order valence-corrected chi connectivity index (χ3v) is 3.54. The molecule has 3 heterocycles. The molecule has 2 aromatic heterocycles. The summed E-state index contributed by atoms with van der Waals surface area (Å²) >= 11 is 6.17. The summed E-state index contributed by atoms with van der Waals surface area (Å²) in [6.07, 6.45) is 5.15. The van der Waals surface area contributed by atoms with Gasteiger partial charge in [0.05, 0.1) is 10.7 Å². The van der Waals surface area contributed by atoms with Gasteiger partial charge in [0.1, 0.15) is 0 Å². The minimum absolute atomic E-state index is 0.704. The third-order valence-electron chi connectivity index (χ3n) is 3.25. The van der Waals surface area contributed by atoms with Gasteiger partial charge in [0.2, 0.25) is 0 Å². The molecule has 0 spiro atoms. The predicted octanol–water partition coefficient (Wildman–Crippen LogP) is 1.85. The Morgan fingerprint density at radius 1 is 1.00 bits per heavy atom. The van der Waals surface area contributed by atoms with Gasteiger partial charge in [-0.2, -0.15) is 5.10 Å². The molecule has 5 nitrogen and oxygen atoms in total. The topological polar surface area (TPSA) is 45.2 Å². The molecule has 0 aromatic carbocycles. The molecule has 6 heteroatoms. The maximum atomic E-state index is 6.17. The van der Waals surface area contributed by atoms with Crippen LogP contribution in [0.2, 0.25) is 5.02 Å². The Kier molecular flexibility index (Phi) is 3.46. The Hall–Kier alpha value is -1.88. The lowest BCUT2D eigenvalue weighted by Crippen LogP contribution is -2.47. The van der Waals surface area contributed by atoms with E-state index < -0.39 is 0 Å². The Morgan fingerprint density at radius 3 is 2.47 bits per heavy atom. The number of rotatable bonds is 2. The summed E-state index contributed by atoms with van der Waals surface area (Å²) in [6.45, 7) is 3.66. The number of pyridine rings is 1. The SMILES string of the molecule is Clc1cnccc1N1CCN(c2cccnn2)CC1. The molecule has 19 heavy (non-hydrogen) atoms. The van der Waals surface area contributed by atoms with Crippen LogP contribution >= 0.6 is 11.6 Å². The highest BCUT2D eigenvalue weighted by atomic mass is 35.5. The summed E-state index contributed by atoms with van der Waals surface area (Å²) in [7, 11) is 0. The van der Waals surface area contributed by atoms with Crippen molar-refractivity contribution >= 4 is 23.1 Å². The highest BCUT2D eigenvalue weighted by molar-refractivity contribution is 6.33. The van der Waals surface area contributed by atoms with Gasteiger partial charge in [0.15, 0.2) is 5.82 Å². The molecule has 0 aliphatic carbocycles. The van der Waals surface area contributed by atoms with Crippen molar-refractivity contribution in [2.24, 2.45) is 0 Å². The van der Waals surface area contributed by atoms with Crippen LogP contribution in [0.5, 0.6) is 0 Å². The molecule has 1 aliphatic rings. The van der Waals surface area contributed by atoms with E-state index in [-0.39, 0.29) is 0 Å². The number of piperazine rings is 1. The molecule has 1 fully saturated rings.